The first-order valence-corrected chi connectivity index (χ1v) is 15.6. The molecule has 44 heavy (non-hydrogen) atoms. The Labute approximate surface area is 256 Å². The van der Waals surface area contributed by atoms with E-state index in [0.717, 1.165) is 57.1 Å². The Balaban J connectivity index is 1.16. The minimum atomic E-state index is -1.13. The number of methoxy groups -OCH3 is 1. The Hall–Kier alpha value is -3.76. The average Bonchev–Trinajstić information content (AvgIpc) is 3.32. The lowest BCUT2D eigenvalue weighted by Crippen LogP contribution is -2.51. The van der Waals surface area contributed by atoms with Crippen LogP contribution in [-0.4, -0.2) is 52.9 Å². The van der Waals surface area contributed by atoms with Crippen molar-refractivity contribution in [2.24, 2.45) is 28.6 Å². The minimum Gasteiger partial charge on any atom is -0.502 e. The minimum absolute atomic E-state index is 0.0827. The van der Waals surface area contributed by atoms with Crippen molar-refractivity contribution in [1.82, 2.24) is 5.32 Å². The van der Waals surface area contributed by atoms with Crippen LogP contribution in [0.1, 0.15) is 83.6 Å². The maximum Gasteiger partial charge on any atom is 0.328 e. The molecule has 11 heteroatoms. The number of nitro groups is 1. The Morgan fingerprint density at radius 3 is 2.59 bits per heavy atom. The SMILES string of the molecule is COC(=O)[C@H](Cc1ccc(O)c([N+](=O)[O-])c1)NC(=O)CCC(=O)O[C@H]1CC[C@H]2[C@@H]3CCC4=CC(=O)CC[C@]4(C)[C@H]3CC[C@]12C. The van der Waals surface area contributed by atoms with Crippen LogP contribution in [0.5, 0.6) is 5.75 Å². The number of ketones is 1. The number of carbonyl (C=O) groups is 4. The molecule has 238 valence electrons. The fourth-order valence-corrected chi connectivity index (χ4v) is 8.82. The highest BCUT2D eigenvalue weighted by Crippen LogP contribution is 2.65. The van der Waals surface area contributed by atoms with Crippen molar-refractivity contribution in [3.8, 4) is 5.75 Å². The summed E-state index contributed by atoms with van der Waals surface area (Å²) in [7, 11) is 1.17. The molecule has 1 aromatic rings. The topological polar surface area (TPSA) is 162 Å². The second-order valence-electron chi connectivity index (χ2n) is 13.5. The van der Waals surface area contributed by atoms with Gasteiger partial charge >= 0.3 is 17.6 Å². The summed E-state index contributed by atoms with van der Waals surface area (Å²) < 4.78 is 10.8. The number of hydrogen-bond donors (Lipinski definition) is 2. The number of nitro benzene ring substituents is 1. The van der Waals surface area contributed by atoms with Gasteiger partial charge in [-0.25, -0.2) is 4.79 Å². The third-order valence-electron chi connectivity index (χ3n) is 11.2. The van der Waals surface area contributed by atoms with Crippen LogP contribution < -0.4 is 5.32 Å². The molecule has 5 rings (SSSR count). The van der Waals surface area contributed by atoms with E-state index >= 15 is 0 Å². The number of esters is 2. The zero-order valence-corrected chi connectivity index (χ0v) is 25.6. The number of nitrogens with one attached hydrogen (secondary N) is 1. The van der Waals surface area contributed by atoms with Crippen LogP contribution in [0.2, 0.25) is 0 Å². The molecule has 0 heterocycles. The monoisotopic (exact) mass is 610 g/mol. The van der Waals surface area contributed by atoms with Gasteiger partial charge in [0.1, 0.15) is 12.1 Å². The first-order chi connectivity index (χ1) is 20.9. The van der Waals surface area contributed by atoms with Crippen LogP contribution in [0.3, 0.4) is 0 Å². The number of ether oxygens (including phenoxy) is 2. The lowest BCUT2D eigenvalue weighted by molar-refractivity contribution is -0.385. The molecule has 0 saturated heterocycles. The van der Waals surface area contributed by atoms with E-state index in [9.17, 15) is 34.4 Å². The van der Waals surface area contributed by atoms with Gasteiger partial charge in [-0.05, 0) is 85.8 Å². The van der Waals surface area contributed by atoms with Crippen LogP contribution in [0.4, 0.5) is 5.69 Å². The number of amides is 1. The van der Waals surface area contributed by atoms with Gasteiger partial charge in [-0.1, -0.05) is 25.5 Å². The number of benzene rings is 1. The first-order valence-electron chi connectivity index (χ1n) is 15.6. The van der Waals surface area contributed by atoms with Gasteiger partial charge in [0.25, 0.3) is 0 Å². The maximum atomic E-state index is 13.0. The van der Waals surface area contributed by atoms with Crippen molar-refractivity contribution in [2.45, 2.75) is 96.6 Å². The zero-order valence-electron chi connectivity index (χ0n) is 25.6. The summed E-state index contributed by atoms with van der Waals surface area (Å²) in [5, 5.41) is 23.4. The number of rotatable bonds is 9. The Morgan fingerprint density at radius 1 is 1.09 bits per heavy atom. The molecule has 11 nitrogen and oxygen atoms in total. The fourth-order valence-electron chi connectivity index (χ4n) is 8.82. The number of phenolic OH excluding ortho intramolecular Hbond substituents is 1. The second kappa shape index (κ2) is 12.3. The van der Waals surface area contributed by atoms with E-state index in [1.807, 2.05) is 6.08 Å². The quantitative estimate of drug-likeness (QED) is 0.229. The molecule has 2 N–H and O–H groups in total. The van der Waals surface area contributed by atoms with Gasteiger partial charge in [0.2, 0.25) is 5.91 Å². The smallest absolute Gasteiger partial charge is 0.328 e. The largest absolute Gasteiger partial charge is 0.502 e. The van der Waals surface area contributed by atoms with Crippen LogP contribution in [0, 0.1) is 38.7 Å². The average molecular weight is 611 g/mol. The maximum absolute atomic E-state index is 13.0. The molecule has 0 aliphatic heterocycles. The molecule has 0 aromatic heterocycles. The Kier molecular flexibility index (Phi) is 8.87. The molecule has 0 radical (unpaired) electrons. The zero-order chi connectivity index (χ0) is 31.8. The van der Waals surface area contributed by atoms with E-state index in [1.54, 1.807) is 0 Å². The van der Waals surface area contributed by atoms with Crippen molar-refractivity contribution in [3.63, 3.8) is 0 Å². The van der Waals surface area contributed by atoms with Crippen molar-refractivity contribution >= 4 is 29.3 Å². The van der Waals surface area contributed by atoms with Crippen LogP contribution in [-0.2, 0) is 35.1 Å². The summed E-state index contributed by atoms with van der Waals surface area (Å²) in [4.78, 5) is 60.6. The predicted molar refractivity (Wildman–Crippen MR) is 158 cm³/mol. The molecular weight excluding hydrogens is 568 g/mol. The Morgan fingerprint density at radius 2 is 1.86 bits per heavy atom. The van der Waals surface area contributed by atoms with E-state index in [1.165, 1.54) is 18.7 Å². The standard InChI is InChI=1S/C33H42N2O9/c1-32-14-12-21(36)18-20(32)5-6-22-23-7-9-28(33(23,2)15-13-24(22)32)44-30(39)11-10-29(38)34-25(31(40)43-3)16-19-4-8-27(37)26(17-19)35(41)42/h4,8,17-18,22-25,28,37H,5-7,9-16H2,1-3H3,(H,34,38)/t22-,23-,24-,25-,28-,32-,33-/m0/s1. The highest BCUT2D eigenvalue weighted by atomic mass is 16.6. The molecule has 0 unspecified atom stereocenters. The molecule has 1 aromatic carbocycles. The molecule has 4 aliphatic rings. The summed E-state index contributed by atoms with van der Waals surface area (Å²) >= 11 is 0. The number of fused-ring (bicyclic) bond motifs is 5. The highest BCUT2D eigenvalue weighted by Gasteiger charge is 2.60. The molecule has 1 amide bonds. The molecule has 3 saturated carbocycles. The fraction of sp³-hybridized carbons (Fsp3) is 0.636. The molecular formula is C33H42N2O9. The van der Waals surface area contributed by atoms with E-state index in [2.05, 4.69) is 19.2 Å². The lowest BCUT2D eigenvalue weighted by Gasteiger charge is -2.57. The number of carbonyl (C=O) groups excluding carboxylic acids is 4. The van der Waals surface area contributed by atoms with Crippen molar-refractivity contribution in [3.05, 3.63) is 45.5 Å². The number of allylic oxidation sites excluding steroid dienone is 1. The molecule has 7 atom stereocenters. The number of phenols is 1. The normalized spacial score (nSPS) is 31.4. The second-order valence-corrected chi connectivity index (χ2v) is 13.5. The first kappa shape index (κ1) is 31.7. The highest BCUT2D eigenvalue weighted by molar-refractivity contribution is 5.91. The van der Waals surface area contributed by atoms with Crippen molar-refractivity contribution in [2.75, 3.05) is 7.11 Å². The van der Waals surface area contributed by atoms with Crippen molar-refractivity contribution in [1.29, 1.82) is 0 Å². The summed E-state index contributed by atoms with van der Waals surface area (Å²) in [6.07, 6.45) is 8.66. The molecule has 4 aliphatic carbocycles. The summed E-state index contributed by atoms with van der Waals surface area (Å²) in [5.74, 6) is -0.455. The van der Waals surface area contributed by atoms with Gasteiger partial charge < -0.3 is 19.9 Å². The summed E-state index contributed by atoms with van der Waals surface area (Å²) in [6.45, 7) is 4.60. The van der Waals surface area contributed by atoms with Crippen molar-refractivity contribution < 1.29 is 38.7 Å². The number of hydrogen-bond acceptors (Lipinski definition) is 9. The third-order valence-corrected chi connectivity index (χ3v) is 11.2. The van der Waals surface area contributed by atoms with Crippen LogP contribution >= 0.6 is 0 Å². The predicted octanol–water partition coefficient (Wildman–Crippen LogP) is 4.72. The molecule has 0 spiro atoms. The van der Waals surface area contributed by atoms with Gasteiger partial charge in [0.15, 0.2) is 11.5 Å². The van der Waals surface area contributed by atoms with Crippen LogP contribution in [0.25, 0.3) is 0 Å². The van der Waals surface area contributed by atoms with E-state index in [4.69, 9.17) is 9.47 Å². The molecule has 3 fully saturated rings. The van der Waals surface area contributed by atoms with Gasteiger partial charge in [0.05, 0.1) is 18.5 Å². The lowest BCUT2D eigenvalue weighted by atomic mass is 9.47. The summed E-state index contributed by atoms with van der Waals surface area (Å²) in [6, 6.07) is 2.58. The van der Waals surface area contributed by atoms with E-state index < -0.39 is 40.2 Å². The van der Waals surface area contributed by atoms with E-state index in [-0.39, 0.29) is 42.0 Å². The number of aromatic hydroxyl groups is 1. The van der Waals surface area contributed by atoms with E-state index in [0.29, 0.717) is 29.7 Å². The van der Waals surface area contributed by atoms with Gasteiger partial charge in [-0.15, -0.1) is 0 Å². The Bertz CT molecular complexity index is 1390. The van der Waals surface area contributed by atoms with Crippen LogP contribution in [0.15, 0.2) is 29.8 Å². The molecule has 0 bridgehead atoms. The van der Waals surface area contributed by atoms with Gasteiger partial charge in [0, 0.05) is 30.7 Å². The van der Waals surface area contributed by atoms with Gasteiger partial charge in [-0.2, -0.15) is 0 Å². The third kappa shape index (κ3) is 5.97. The van der Waals surface area contributed by atoms with Gasteiger partial charge in [-0.3, -0.25) is 24.5 Å². The summed E-state index contributed by atoms with van der Waals surface area (Å²) in [5.41, 5.74) is 1.13. The number of nitrogens with zero attached hydrogens (tertiary/aromatic N) is 1.